The fourth-order valence-electron chi connectivity index (χ4n) is 1.94. The van der Waals surface area contributed by atoms with Crippen LogP contribution < -0.4 is 5.32 Å². The molecule has 2 rings (SSSR count). The highest BCUT2D eigenvalue weighted by molar-refractivity contribution is 9.10. The van der Waals surface area contributed by atoms with E-state index < -0.39 is 0 Å². The maximum atomic E-state index is 4.55. The van der Waals surface area contributed by atoms with Crippen molar-refractivity contribution in [3.63, 3.8) is 0 Å². The van der Waals surface area contributed by atoms with Gasteiger partial charge in [0, 0.05) is 21.8 Å². The maximum absolute atomic E-state index is 4.55. The Morgan fingerprint density at radius 3 is 2.86 bits per heavy atom. The number of halogens is 1. The van der Waals surface area contributed by atoms with Crippen LogP contribution in [0.25, 0.3) is 0 Å². The van der Waals surface area contributed by atoms with E-state index in [9.17, 15) is 0 Å². The lowest BCUT2D eigenvalue weighted by Gasteiger charge is -2.17. The highest BCUT2D eigenvalue weighted by atomic mass is 79.9. The first-order chi connectivity index (χ1) is 10.1. The van der Waals surface area contributed by atoms with Crippen LogP contribution >= 0.6 is 39.2 Å². The van der Waals surface area contributed by atoms with E-state index in [4.69, 9.17) is 0 Å². The number of hydrogen-bond donors (Lipinski definition) is 1. The van der Waals surface area contributed by atoms with Crippen LogP contribution in [-0.2, 0) is 6.42 Å². The molecule has 21 heavy (non-hydrogen) atoms. The largest absolute Gasteiger partial charge is 0.310 e. The Morgan fingerprint density at radius 1 is 1.38 bits per heavy atom. The topological polar surface area (TPSA) is 37.8 Å². The van der Waals surface area contributed by atoms with Gasteiger partial charge < -0.3 is 5.32 Å². The number of nitrogens with zero attached hydrogens (tertiary/aromatic N) is 2. The molecule has 0 bridgehead atoms. The standard InChI is InChI=1S/C15H20BrN3S2/c1-4-8-17-10(3)12-7-6-11(16)9-13(12)20-15-18-14(5-2)19-21-15/h6-7,9-10,17H,4-5,8H2,1-3H3. The molecule has 1 aromatic heterocycles. The Bertz CT molecular complexity index is 586. The highest BCUT2D eigenvalue weighted by Crippen LogP contribution is 2.36. The van der Waals surface area contributed by atoms with E-state index in [0.717, 1.165) is 34.0 Å². The van der Waals surface area contributed by atoms with Crippen molar-refractivity contribution in [2.24, 2.45) is 0 Å². The van der Waals surface area contributed by atoms with Gasteiger partial charge in [0.1, 0.15) is 5.82 Å². The van der Waals surface area contributed by atoms with Gasteiger partial charge in [0.2, 0.25) is 0 Å². The van der Waals surface area contributed by atoms with Crippen molar-refractivity contribution >= 4 is 39.2 Å². The van der Waals surface area contributed by atoms with Gasteiger partial charge >= 0.3 is 0 Å². The Hall–Kier alpha value is -0.430. The first-order valence-electron chi connectivity index (χ1n) is 7.17. The van der Waals surface area contributed by atoms with Gasteiger partial charge in [0.25, 0.3) is 0 Å². The number of rotatable bonds is 7. The molecule has 6 heteroatoms. The molecule has 0 aliphatic rings. The fraction of sp³-hybridized carbons (Fsp3) is 0.467. The first kappa shape index (κ1) is 16.9. The molecule has 1 N–H and O–H groups in total. The smallest absolute Gasteiger partial charge is 0.174 e. The van der Waals surface area contributed by atoms with E-state index in [1.807, 2.05) is 0 Å². The molecule has 1 unspecified atom stereocenters. The summed E-state index contributed by atoms with van der Waals surface area (Å²) in [7, 11) is 0. The van der Waals surface area contributed by atoms with Gasteiger partial charge in [-0.1, -0.05) is 47.6 Å². The van der Waals surface area contributed by atoms with E-state index in [1.165, 1.54) is 22.0 Å². The minimum atomic E-state index is 0.333. The third-order valence-electron chi connectivity index (χ3n) is 3.11. The monoisotopic (exact) mass is 385 g/mol. The molecule has 0 spiro atoms. The Balaban J connectivity index is 2.22. The third kappa shape index (κ3) is 4.77. The quantitative estimate of drug-likeness (QED) is 0.721. The SMILES string of the molecule is CCCNC(C)c1ccc(Br)cc1Sc1nc(CC)ns1. The van der Waals surface area contributed by atoms with Gasteiger partial charge in [-0.3, -0.25) is 0 Å². The summed E-state index contributed by atoms with van der Waals surface area (Å²) in [5.74, 6) is 0.927. The number of nitrogens with one attached hydrogen (secondary N) is 1. The van der Waals surface area contributed by atoms with E-state index in [2.05, 4.69) is 69.6 Å². The van der Waals surface area contributed by atoms with Crippen LogP contribution in [0.3, 0.4) is 0 Å². The molecular weight excluding hydrogens is 366 g/mol. The molecule has 1 atom stereocenters. The van der Waals surface area contributed by atoms with Crippen LogP contribution in [-0.4, -0.2) is 15.9 Å². The van der Waals surface area contributed by atoms with Crippen molar-refractivity contribution in [1.82, 2.24) is 14.7 Å². The molecule has 0 saturated heterocycles. The Kier molecular flexibility index (Phi) is 6.67. The van der Waals surface area contributed by atoms with Gasteiger partial charge in [-0.2, -0.15) is 4.37 Å². The van der Waals surface area contributed by atoms with Crippen LogP contribution in [0.2, 0.25) is 0 Å². The third-order valence-corrected chi connectivity index (χ3v) is 5.46. The summed E-state index contributed by atoms with van der Waals surface area (Å²) < 4.78 is 6.46. The summed E-state index contributed by atoms with van der Waals surface area (Å²) in [6, 6.07) is 6.78. The second-order valence-electron chi connectivity index (χ2n) is 4.79. The van der Waals surface area contributed by atoms with Crippen molar-refractivity contribution in [2.45, 2.75) is 48.9 Å². The molecule has 1 aromatic carbocycles. The van der Waals surface area contributed by atoms with Gasteiger partial charge in [0.15, 0.2) is 4.34 Å². The van der Waals surface area contributed by atoms with Gasteiger partial charge in [0.05, 0.1) is 0 Å². The summed E-state index contributed by atoms with van der Waals surface area (Å²) >= 11 is 6.74. The number of hydrogen-bond acceptors (Lipinski definition) is 5. The molecule has 0 aliphatic carbocycles. The predicted molar refractivity (Wildman–Crippen MR) is 94.3 cm³/mol. The van der Waals surface area contributed by atoms with Crippen molar-refractivity contribution in [3.05, 3.63) is 34.1 Å². The minimum Gasteiger partial charge on any atom is -0.310 e. The molecule has 0 amide bonds. The maximum Gasteiger partial charge on any atom is 0.174 e. The summed E-state index contributed by atoms with van der Waals surface area (Å²) in [5, 5.41) is 3.55. The van der Waals surface area contributed by atoms with Gasteiger partial charge in [-0.05, 0) is 49.1 Å². The van der Waals surface area contributed by atoms with Crippen LogP contribution in [0.15, 0.2) is 31.9 Å². The number of benzene rings is 1. The zero-order valence-corrected chi connectivity index (χ0v) is 15.7. The summed E-state index contributed by atoms with van der Waals surface area (Å²) in [6.07, 6.45) is 2.02. The Morgan fingerprint density at radius 2 is 2.19 bits per heavy atom. The molecule has 0 radical (unpaired) electrons. The summed E-state index contributed by atoms with van der Waals surface area (Å²) in [5.41, 5.74) is 1.31. The lowest BCUT2D eigenvalue weighted by atomic mass is 10.1. The second kappa shape index (κ2) is 8.27. The number of aryl methyl sites for hydroxylation is 1. The summed E-state index contributed by atoms with van der Waals surface area (Å²) in [4.78, 5) is 5.79. The molecule has 114 valence electrons. The molecule has 0 aliphatic heterocycles. The average molecular weight is 386 g/mol. The molecule has 3 nitrogen and oxygen atoms in total. The van der Waals surface area contributed by atoms with E-state index >= 15 is 0 Å². The van der Waals surface area contributed by atoms with Crippen molar-refractivity contribution in [1.29, 1.82) is 0 Å². The zero-order valence-electron chi connectivity index (χ0n) is 12.5. The summed E-state index contributed by atoms with van der Waals surface area (Å²) in [6.45, 7) is 7.50. The van der Waals surface area contributed by atoms with E-state index in [1.54, 1.807) is 11.8 Å². The van der Waals surface area contributed by atoms with Crippen LogP contribution in [0.1, 0.15) is 44.6 Å². The Labute approximate surface area is 143 Å². The van der Waals surface area contributed by atoms with Crippen LogP contribution in [0.5, 0.6) is 0 Å². The van der Waals surface area contributed by atoms with Gasteiger partial charge in [-0.15, -0.1) is 0 Å². The van der Waals surface area contributed by atoms with E-state index in [-0.39, 0.29) is 0 Å². The first-order valence-corrected chi connectivity index (χ1v) is 9.55. The van der Waals surface area contributed by atoms with Crippen LogP contribution in [0.4, 0.5) is 0 Å². The molecule has 0 saturated carbocycles. The lowest BCUT2D eigenvalue weighted by Crippen LogP contribution is -2.19. The molecule has 2 aromatic rings. The zero-order chi connectivity index (χ0) is 15.2. The van der Waals surface area contributed by atoms with Crippen molar-refractivity contribution in [3.8, 4) is 0 Å². The minimum absolute atomic E-state index is 0.333. The molecule has 0 fully saturated rings. The number of aromatic nitrogens is 2. The highest BCUT2D eigenvalue weighted by Gasteiger charge is 2.13. The van der Waals surface area contributed by atoms with Crippen molar-refractivity contribution in [2.75, 3.05) is 6.54 Å². The van der Waals surface area contributed by atoms with Gasteiger partial charge in [-0.25, -0.2) is 4.98 Å². The van der Waals surface area contributed by atoms with E-state index in [0.29, 0.717) is 6.04 Å². The van der Waals surface area contributed by atoms with Crippen LogP contribution in [0, 0.1) is 0 Å². The normalized spacial score (nSPS) is 12.6. The second-order valence-corrected chi connectivity index (χ2v) is 7.75. The predicted octanol–water partition coefficient (Wildman–Crippen LogP) is 5.07. The molecular formula is C15H20BrN3S2. The molecule has 1 heterocycles. The average Bonchev–Trinajstić information content (AvgIpc) is 2.92. The lowest BCUT2D eigenvalue weighted by molar-refractivity contribution is 0.563. The van der Waals surface area contributed by atoms with Crippen molar-refractivity contribution < 1.29 is 0 Å². The fourth-order valence-corrected chi connectivity index (χ4v) is 4.37.